The molecule has 2 rings (SSSR count). The maximum atomic E-state index is 11.7. The van der Waals surface area contributed by atoms with Gasteiger partial charge in [-0.3, -0.25) is 9.59 Å². The van der Waals surface area contributed by atoms with E-state index in [-0.39, 0.29) is 17.1 Å². The number of carbonyl (C=O) groups excluding carboxylic acids is 2. The van der Waals surface area contributed by atoms with Crippen LogP contribution < -0.4 is 10.7 Å². The fourth-order valence-corrected chi connectivity index (χ4v) is 1.78. The van der Waals surface area contributed by atoms with Gasteiger partial charge in [-0.05, 0) is 24.3 Å². The molecule has 0 unspecified atom stereocenters. The number of aromatic hydroxyl groups is 2. The van der Waals surface area contributed by atoms with Crippen LogP contribution in [0.25, 0.3) is 0 Å². The van der Waals surface area contributed by atoms with Gasteiger partial charge in [-0.2, -0.15) is 5.10 Å². The van der Waals surface area contributed by atoms with Gasteiger partial charge in [-0.15, -0.1) is 0 Å². The van der Waals surface area contributed by atoms with Crippen molar-refractivity contribution in [3.8, 4) is 11.5 Å². The van der Waals surface area contributed by atoms with Crippen molar-refractivity contribution in [1.82, 2.24) is 5.43 Å². The molecule has 23 heavy (non-hydrogen) atoms. The molecule has 2 aromatic rings. The number of benzene rings is 2. The van der Waals surface area contributed by atoms with Crippen molar-refractivity contribution in [2.45, 2.75) is 0 Å². The Balaban J connectivity index is 1.95. The van der Waals surface area contributed by atoms with Crippen LogP contribution in [0.4, 0.5) is 5.69 Å². The average molecular weight is 334 g/mol. The summed E-state index contributed by atoms with van der Waals surface area (Å²) in [6.07, 6.45) is 1.13. The second kappa shape index (κ2) is 7.28. The number of hydrazone groups is 1. The third-order valence-electron chi connectivity index (χ3n) is 2.71. The molecule has 8 heteroatoms. The molecule has 0 aliphatic rings. The molecule has 0 fully saturated rings. The summed E-state index contributed by atoms with van der Waals surface area (Å²) < 4.78 is 0. The first-order valence-electron chi connectivity index (χ1n) is 6.38. The Morgan fingerprint density at radius 2 is 1.83 bits per heavy atom. The van der Waals surface area contributed by atoms with Gasteiger partial charge < -0.3 is 15.5 Å². The second-order valence-electron chi connectivity index (χ2n) is 4.38. The number of phenols is 2. The second-order valence-corrected chi connectivity index (χ2v) is 4.78. The third kappa shape index (κ3) is 4.45. The van der Waals surface area contributed by atoms with Gasteiger partial charge in [-0.1, -0.05) is 23.7 Å². The molecule has 2 amide bonds. The van der Waals surface area contributed by atoms with E-state index in [4.69, 9.17) is 16.7 Å². The first-order chi connectivity index (χ1) is 11.0. The largest absolute Gasteiger partial charge is 0.508 e. The van der Waals surface area contributed by atoms with Crippen LogP contribution in [-0.4, -0.2) is 28.2 Å². The van der Waals surface area contributed by atoms with Crippen molar-refractivity contribution in [3.63, 3.8) is 0 Å². The molecule has 0 spiro atoms. The average Bonchev–Trinajstić information content (AvgIpc) is 2.51. The highest BCUT2D eigenvalue weighted by Gasteiger charge is 2.14. The summed E-state index contributed by atoms with van der Waals surface area (Å²) >= 11 is 5.86. The van der Waals surface area contributed by atoms with Crippen LogP contribution in [0, 0.1) is 0 Å². The molecular formula is C15H12ClN3O4. The standard InChI is InChI=1S/C15H12ClN3O4/c16-11-3-1-2-4-12(11)18-14(22)15(23)19-17-8-9-5-6-10(20)7-13(9)21/h1-8,20-21H,(H,18,22)(H,19,23)/b17-8-. The van der Waals surface area contributed by atoms with E-state index in [1.165, 1.54) is 12.1 Å². The number of nitrogens with zero attached hydrogens (tertiary/aromatic N) is 1. The first kappa shape index (κ1) is 16.3. The molecule has 0 aliphatic carbocycles. The maximum absolute atomic E-state index is 11.7. The summed E-state index contributed by atoms with van der Waals surface area (Å²) in [5.74, 6) is -2.27. The van der Waals surface area contributed by atoms with Crippen molar-refractivity contribution in [2.75, 3.05) is 5.32 Å². The Bertz CT molecular complexity index is 777. The highest BCUT2D eigenvalue weighted by Crippen LogP contribution is 2.21. The van der Waals surface area contributed by atoms with Gasteiger partial charge >= 0.3 is 11.8 Å². The van der Waals surface area contributed by atoms with E-state index < -0.39 is 11.8 Å². The van der Waals surface area contributed by atoms with Gasteiger partial charge in [0.1, 0.15) is 11.5 Å². The number of carbonyl (C=O) groups is 2. The van der Waals surface area contributed by atoms with Crippen molar-refractivity contribution in [2.24, 2.45) is 5.10 Å². The topological polar surface area (TPSA) is 111 Å². The molecule has 0 saturated heterocycles. The number of phenolic OH excluding ortho intramolecular Hbond substituents is 2. The molecule has 0 heterocycles. The van der Waals surface area contributed by atoms with Gasteiger partial charge in [0.25, 0.3) is 0 Å². The van der Waals surface area contributed by atoms with Crippen molar-refractivity contribution < 1.29 is 19.8 Å². The Morgan fingerprint density at radius 1 is 1.09 bits per heavy atom. The lowest BCUT2D eigenvalue weighted by molar-refractivity contribution is -0.136. The van der Waals surface area contributed by atoms with Crippen LogP contribution in [0.2, 0.25) is 5.02 Å². The predicted octanol–water partition coefficient (Wildman–Crippen LogP) is 1.84. The van der Waals surface area contributed by atoms with Crippen LogP contribution in [0.1, 0.15) is 5.56 Å². The first-order valence-corrected chi connectivity index (χ1v) is 6.76. The molecule has 0 bridgehead atoms. The highest BCUT2D eigenvalue weighted by molar-refractivity contribution is 6.41. The minimum absolute atomic E-state index is 0.109. The number of halogens is 1. The van der Waals surface area contributed by atoms with E-state index in [9.17, 15) is 14.7 Å². The summed E-state index contributed by atoms with van der Waals surface area (Å²) in [5, 5.41) is 24.9. The summed E-state index contributed by atoms with van der Waals surface area (Å²) in [6, 6.07) is 10.3. The zero-order valence-corrected chi connectivity index (χ0v) is 12.4. The van der Waals surface area contributed by atoms with E-state index in [0.717, 1.165) is 12.3 Å². The Morgan fingerprint density at radius 3 is 2.52 bits per heavy atom. The van der Waals surface area contributed by atoms with Gasteiger partial charge in [0.15, 0.2) is 0 Å². The van der Waals surface area contributed by atoms with E-state index >= 15 is 0 Å². The minimum atomic E-state index is -1.00. The van der Waals surface area contributed by atoms with Crippen LogP contribution in [-0.2, 0) is 9.59 Å². The molecule has 0 radical (unpaired) electrons. The maximum Gasteiger partial charge on any atom is 0.329 e. The molecular weight excluding hydrogens is 322 g/mol. The summed E-state index contributed by atoms with van der Waals surface area (Å²) in [7, 11) is 0. The van der Waals surface area contributed by atoms with E-state index in [1.807, 2.05) is 5.43 Å². The lowest BCUT2D eigenvalue weighted by Crippen LogP contribution is -2.32. The lowest BCUT2D eigenvalue weighted by Gasteiger charge is -2.05. The molecule has 118 valence electrons. The zero-order valence-electron chi connectivity index (χ0n) is 11.7. The Kier molecular flexibility index (Phi) is 5.16. The van der Waals surface area contributed by atoms with Crippen LogP contribution >= 0.6 is 11.6 Å². The quantitative estimate of drug-likeness (QED) is 0.390. The number of nitrogens with one attached hydrogen (secondary N) is 2. The van der Waals surface area contributed by atoms with Crippen molar-refractivity contribution >= 4 is 35.3 Å². The molecule has 0 saturated carbocycles. The summed E-state index contributed by atoms with van der Waals surface area (Å²) in [4.78, 5) is 23.3. The smallest absolute Gasteiger partial charge is 0.329 e. The number of hydrogen-bond acceptors (Lipinski definition) is 5. The van der Waals surface area contributed by atoms with E-state index in [0.29, 0.717) is 10.7 Å². The zero-order chi connectivity index (χ0) is 16.8. The fourth-order valence-electron chi connectivity index (χ4n) is 1.59. The van der Waals surface area contributed by atoms with Gasteiger partial charge in [0.05, 0.1) is 16.9 Å². The molecule has 2 aromatic carbocycles. The monoisotopic (exact) mass is 333 g/mol. The fraction of sp³-hybridized carbons (Fsp3) is 0. The molecule has 7 nitrogen and oxygen atoms in total. The van der Waals surface area contributed by atoms with E-state index in [1.54, 1.807) is 24.3 Å². The molecule has 0 atom stereocenters. The van der Waals surface area contributed by atoms with Crippen LogP contribution in [0.3, 0.4) is 0 Å². The van der Waals surface area contributed by atoms with E-state index in [2.05, 4.69) is 10.4 Å². The lowest BCUT2D eigenvalue weighted by atomic mass is 10.2. The SMILES string of the molecule is O=C(N/N=C\c1ccc(O)cc1O)C(=O)Nc1ccccc1Cl. The van der Waals surface area contributed by atoms with Crippen LogP contribution in [0.15, 0.2) is 47.6 Å². The summed E-state index contributed by atoms with van der Waals surface area (Å²) in [6.45, 7) is 0. The number of hydrogen-bond donors (Lipinski definition) is 4. The van der Waals surface area contributed by atoms with Gasteiger partial charge in [0.2, 0.25) is 0 Å². The van der Waals surface area contributed by atoms with Crippen molar-refractivity contribution in [1.29, 1.82) is 0 Å². The number of amides is 2. The highest BCUT2D eigenvalue weighted by atomic mass is 35.5. The van der Waals surface area contributed by atoms with Crippen molar-refractivity contribution in [3.05, 3.63) is 53.1 Å². The Labute approximate surface area is 136 Å². The summed E-state index contributed by atoms with van der Waals surface area (Å²) in [5.41, 5.74) is 2.57. The molecule has 4 N–H and O–H groups in total. The van der Waals surface area contributed by atoms with Gasteiger partial charge in [0, 0.05) is 11.6 Å². The number of rotatable bonds is 3. The number of anilines is 1. The molecule has 0 aliphatic heterocycles. The van der Waals surface area contributed by atoms with Crippen LogP contribution in [0.5, 0.6) is 11.5 Å². The van der Waals surface area contributed by atoms with Gasteiger partial charge in [-0.25, -0.2) is 5.43 Å². The minimum Gasteiger partial charge on any atom is -0.508 e. The third-order valence-corrected chi connectivity index (χ3v) is 3.04. The Hall–Kier alpha value is -3.06. The number of para-hydroxylation sites is 1. The normalized spacial score (nSPS) is 10.5. The predicted molar refractivity (Wildman–Crippen MR) is 85.6 cm³/mol. The molecule has 0 aromatic heterocycles.